The maximum Gasteiger partial charge on any atom is 0.240 e. The van der Waals surface area contributed by atoms with Crippen LogP contribution in [0.15, 0.2) is 47.4 Å². The van der Waals surface area contributed by atoms with Gasteiger partial charge >= 0.3 is 0 Å². The summed E-state index contributed by atoms with van der Waals surface area (Å²) in [7, 11) is -3.46. The Kier molecular flexibility index (Phi) is 7.20. The first-order valence-corrected chi connectivity index (χ1v) is 10.3. The fraction of sp³-hybridized carbons (Fsp3) is 0.316. The number of rotatable bonds is 8. The zero-order valence-electron chi connectivity index (χ0n) is 14.9. The molecular weight excluding hydrogens is 372 g/mol. The number of anilines is 1. The molecule has 0 aliphatic carbocycles. The molecule has 0 aliphatic rings. The summed E-state index contributed by atoms with van der Waals surface area (Å²) >= 11 is 5.91. The molecule has 2 aromatic rings. The monoisotopic (exact) mass is 394 g/mol. The van der Waals surface area contributed by atoms with Gasteiger partial charge < -0.3 is 5.32 Å². The number of hydrogen-bond acceptors (Lipinski definition) is 3. The predicted molar refractivity (Wildman–Crippen MR) is 105 cm³/mol. The van der Waals surface area contributed by atoms with Crippen molar-refractivity contribution >= 4 is 33.2 Å². The van der Waals surface area contributed by atoms with Crippen molar-refractivity contribution < 1.29 is 13.2 Å². The molecule has 2 rings (SSSR count). The summed E-state index contributed by atoms with van der Waals surface area (Å²) in [5.41, 5.74) is 2.55. The van der Waals surface area contributed by atoms with Crippen molar-refractivity contribution in [1.29, 1.82) is 0 Å². The van der Waals surface area contributed by atoms with Crippen LogP contribution in [0.3, 0.4) is 0 Å². The third kappa shape index (κ3) is 5.83. The second-order valence-corrected chi connectivity index (χ2v) is 8.25. The lowest BCUT2D eigenvalue weighted by Gasteiger charge is -2.09. The first-order chi connectivity index (χ1) is 12.3. The Morgan fingerprint density at radius 1 is 1.12 bits per heavy atom. The first kappa shape index (κ1) is 20.4. The maximum atomic E-state index is 12.1. The average Bonchev–Trinajstić information content (AvgIpc) is 2.61. The lowest BCUT2D eigenvalue weighted by molar-refractivity contribution is -0.116. The number of carbonyl (C=O) groups is 1. The quantitative estimate of drug-likeness (QED) is 0.712. The molecule has 0 saturated heterocycles. The summed E-state index contributed by atoms with van der Waals surface area (Å²) in [5.74, 6) is -0.100. The fourth-order valence-corrected chi connectivity index (χ4v) is 3.75. The Morgan fingerprint density at radius 3 is 2.42 bits per heavy atom. The standard InChI is InChI=1S/C19H23ClN2O3S/c1-3-12-21-26(24,25)17-8-4-15(5-9-17)6-11-19(23)22-18-10-7-16(20)13-14(18)2/h4-5,7-10,13,21H,3,6,11-12H2,1-2H3,(H,22,23). The highest BCUT2D eigenvalue weighted by Crippen LogP contribution is 2.20. The number of aryl methyl sites for hydroxylation is 2. The van der Waals surface area contributed by atoms with E-state index in [1.165, 1.54) is 0 Å². The summed E-state index contributed by atoms with van der Waals surface area (Å²) in [4.78, 5) is 12.3. The van der Waals surface area contributed by atoms with Crippen molar-refractivity contribution in [2.45, 2.75) is 38.0 Å². The van der Waals surface area contributed by atoms with E-state index in [-0.39, 0.29) is 10.8 Å². The van der Waals surface area contributed by atoms with Crippen molar-refractivity contribution in [2.24, 2.45) is 0 Å². The Hall–Kier alpha value is -1.89. The van der Waals surface area contributed by atoms with Gasteiger partial charge in [0, 0.05) is 23.7 Å². The van der Waals surface area contributed by atoms with E-state index in [1.54, 1.807) is 42.5 Å². The minimum atomic E-state index is -3.46. The molecule has 0 fully saturated rings. The van der Waals surface area contributed by atoms with Crippen LogP contribution in [0, 0.1) is 6.92 Å². The summed E-state index contributed by atoms with van der Waals surface area (Å²) in [6.45, 7) is 4.20. The molecule has 2 N–H and O–H groups in total. The lowest BCUT2D eigenvalue weighted by Crippen LogP contribution is -2.24. The van der Waals surface area contributed by atoms with Crippen LogP contribution in [-0.2, 0) is 21.2 Å². The third-order valence-corrected chi connectivity index (χ3v) is 5.59. The summed E-state index contributed by atoms with van der Waals surface area (Å²) in [5, 5.41) is 3.49. The molecule has 140 valence electrons. The number of carbonyl (C=O) groups excluding carboxylic acids is 1. The van der Waals surface area contributed by atoms with Crippen LogP contribution in [0.2, 0.25) is 5.02 Å². The molecule has 0 atom stereocenters. The van der Waals surface area contributed by atoms with E-state index < -0.39 is 10.0 Å². The molecule has 2 aromatic carbocycles. The van der Waals surface area contributed by atoms with Gasteiger partial charge in [0.25, 0.3) is 0 Å². The zero-order chi connectivity index (χ0) is 19.2. The third-order valence-electron chi connectivity index (χ3n) is 3.88. The van der Waals surface area contributed by atoms with Crippen LogP contribution >= 0.6 is 11.6 Å². The normalized spacial score (nSPS) is 11.3. The molecule has 0 saturated carbocycles. The Morgan fingerprint density at radius 2 is 1.81 bits per heavy atom. The largest absolute Gasteiger partial charge is 0.326 e. The average molecular weight is 395 g/mol. The minimum Gasteiger partial charge on any atom is -0.326 e. The molecular formula is C19H23ClN2O3S. The van der Waals surface area contributed by atoms with Crippen molar-refractivity contribution in [2.75, 3.05) is 11.9 Å². The fourth-order valence-electron chi connectivity index (χ4n) is 2.39. The molecule has 0 bridgehead atoms. The van der Waals surface area contributed by atoms with Gasteiger partial charge in [-0.2, -0.15) is 0 Å². The van der Waals surface area contributed by atoms with E-state index in [9.17, 15) is 13.2 Å². The van der Waals surface area contributed by atoms with Gasteiger partial charge in [0.05, 0.1) is 4.90 Å². The molecule has 0 spiro atoms. The summed E-state index contributed by atoms with van der Waals surface area (Å²) < 4.78 is 26.6. The van der Waals surface area contributed by atoms with Gasteiger partial charge in [-0.15, -0.1) is 0 Å². The van der Waals surface area contributed by atoms with Crippen molar-refractivity contribution in [1.82, 2.24) is 4.72 Å². The highest BCUT2D eigenvalue weighted by molar-refractivity contribution is 7.89. The van der Waals surface area contributed by atoms with Crippen LogP contribution in [0.4, 0.5) is 5.69 Å². The van der Waals surface area contributed by atoms with E-state index >= 15 is 0 Å². The molecule has 0 aliphatic heterocycles. The topological polar surface area (TPSA) is 75.3 Å². The SMILES string of the molecule is CCCNS(=O)(=O)c1ccc(CCC(=O)Nc2ccc(Cl)cc2C)cc1. The number of amides is 1. The van der Waals surface area contributed by atoms with Crippen LogP contribution in [0.25, 0.3) is 0 Å². The van der Waals surface area contributed by atoms with E-state index in [1.807, 2.05) is 13.8 Å². The van der Waals surface area contributed by atoms with Crippen LogP contribution < -0.4 is 10.0 Å². The lowest BCUT2D eigenvalue weighted by atomic mass is 10.1. The summed E-state index contributed by atoms with van der Waals surface area (Å²) in [6, 6.07) is 11.9. The van der Waals surface area contributed by atoms with Gasteiger partial charge in [-0.05, 0) is 61.2 Å². The molecule has 7 heteroatoms. The molecule has 26 heavy (non-hydrogen) atoms. The highest BCUT2D eigenvalue weighted by atomic mass is 35.5. The number of halogens is 1. The van der Waals surface area contributed by atoms with Crippen molar-refractivity contribution in [3.8, 4) is 0 Å². The van der Waals surface area contributed by atoms with Crippen LogP contribution in [0.5, 0.6) is 0 Å². The van der Waals surface area contributed by atoms with Crippen LogP contribution in [-0.4, -0.2) is 20.9 Å². The van der Waals surface area contributed by atoms with Crippen molar-refractivity contribution in [3.05, 3.63) is 58.6 Å². The number of sulfonamides is 1. The van der Waals surface area contributed by atoms with E-state index in [0.29, 0.717) is 24.4 Å². The predicted octanol–water partition coefficient (Wildman–Crippen LogP) is 3.91. The van der Waals surface area contributed by atoms with Gasteiger partial charge in [0.1, 0.15) is 0 Å². The van der Waals surface area contributed by atoms with Gasteiger partial charge in [0.15, 0.2) is 0 Å². The van der Waals surface area contributed by atoms with E-state index in [0.717, 1.165) is 23.2 Å². The molecule has 5 nitrogen and oxygen atoms in total. The molecule has 1 amide bonds. The van der Waals surface area contributed by atoms with Gasteiger partial charge in [-0.25, -0.2) is 13.1 Å². The summed E-state index contributed by atoms with van der Waals surface area (Å²) in [6.07, 6.45) is 1.57. The molecule has 0 unspecified atom stereocenters. The Bertz CT molecular complexity index is 865. The molecule has 0 aromatic heterocycles. The Balaban J connectivity index is 1.92. The smallest absolute Gasteiger partial charge is 0.240 e. The first-order valence-electron chi connectivity index (χ1n) is 8.46. The second kappa shape index (κ2) is 9.16. The minimum absolute atomic E-state index is 0.100. The number of benzene rings is 2. The van der Waals surface area contributed by atoms with Gasteiger partial charge in [-0.1, -0.05) is 30.7 Å². The maximum absolute atomic E-state index is 12.1. The van der Waals surface area contributed by atoms with E-state index in [2.05, 4.69) is 10.0 Å². The van der Waals surface area contributed by atoms with E-state index in [4.69, 9.17) is 11.6 Å². The number of hydrogen-bond donors (Lipinski definition) is 2. The van der Waals surface area contributed by atoms with Crippen LogP contribution in [0.1, 0.15) is 30.9 Å². The van der Waals surface area contributed by atoms with Crippen molar-refractivity contribution in [3.63, 3.8) is 0 Å². The van der Waals surface area contributed by atoms with Gasteiger partial charge in [0.2, 0.25) is 15.9 Å². The molecule has 0 radical (unpaired) electrons. The Labute approximate surface area is 159 Å². The highest BCUT2D eigenvalue weighted by Gasteiger charge is 2.13. The molecule has 0 heterocycles. The number of nitrogens with one attached hydrogen (secondary N) is 2. The second-order valence-electron chi connectivity index (χ2n) is 6.05. The zero-order valence-corrected chi connectivity index (χ0v) is 16.5. The van der Waals surface area contributed by atoms with Gasteiger partial charge in [-0.3, -0.25) is 4.79 Å².